The smallest absolute Gasteiger partial charge is 0.308 e. The van der Waals surface area contributed by atoms with Gasteiger partial charge in [0.05, 0.1) is 0 Å². The van der Waals surface area contributed by atoms with Gasteiger partial charge in [-0.25, -0.2) is 4.39 Å². The van der Waals surface area contributed by atoms with Crippen LogP contribution in [0, 0.1) is 5.82 Å². The number of hydrogen-bond acceptors (Lipinski definition) is 4. The second-order valence-corrected chi connectivity index (χ2v) is 7.35. The summed E-state index contributed by atoms with van der Waals surface area (Å²) >= 11 is 0. The van der Waals surface area contributed by atoms with E-state index < -0.39 is 5.97 Å². The molecule has 2 amide bonds. The van der Waals surface area contributed by atoms with Crippen LogP contribution in [0.1, 0.15) is 42.1 Å². The second-order valence-electron chi connectivity index (χ2n) is 7.35. The third-order valence-corrected chi connectivity index (χ3v) is 5.07. The van der Waals surface area contributed by atoms with Gasteiger partial charge in [0, 0.05) is 38.0 Å². The minimum atomic E-state index is -0.439. The Morgan fingerprint density at radius 1 is 1.10 bits per heavy atom. The van der Waals surface area contributed by atoms with Gasteiger partial charge in [-0.3, -0.25) is 14.4 Å². The molecule has 1 aliphatic rings. The van der Waals surface area contributed by atoms with Crippen LogP contribution in [0.15, 0.2) is 48.5 Å². The maximum Gasteiger partial charge on any atom is 0.308 e. The van der Waals surface area contributed by atoms with E-state index in [-0.39, 0.29) is 30.1 Å². The quantitative estimate of drug-likeness (QED) is 0.584. The summed E-state index contributed by atoms with van der Waals surface area (Å²) in [6.07, 6.45) is 1.89. The fourth-order valence-electron chi connectivity index (χ4n) is 3.52. The summed E-state index contributed by atoms with van der Waals surface area (Å²) < 4.78 is 18.7. The maximum atomic E-state index is 13.7. The van der Waals surface area contributed by atoms with Crippen molar-refractivity contribution >= 4 is 17.8 Å². The van der Waals surface area contributed by atoms with Crippen LogP contribution in [0.5, 0.6) is 5.75 Å². The van der Waals surface area contributed by atoms with Gasteiger partial charge in [-0.1, -0.05) is 24.3 Å². The Hall–Kier alpha value is -3.22. The van der Waals surface area contributed by atoms with Crippen molar-refractivity contribution in [1.82, 2.24) is 10.2 Å². The molecule has 1 heterocycles. The number of benzene rings is 2. The lowest BCUT2D eigenvalue weighted by Crippen LogP contribution is -2.46. The molecule has 0 aromatic heterocycles. The molecule has 0 atom stereocenters. The average molecular weight is 412 g/mol. The number of esters is 1. The number of halogens is 1. The van der Waals surface area contributed by atoms with Gasteiger partial charge >= 0.3 is 5.97 Å². The third-order valence-electron chi connectivity index (χ3n) is 5.07. The van der Waals surface area contributed by atoms with Crippen molar-refractivity contribution < 1.29 is 23.5 Å². The van der Waals surface area contributed by atoms with E-state index in [4.69, 9.17) is 4.74 Å². The Morgan fingerprint density at radius 3 is 2.53 bits per heavy atom. The number of rotatable bonds is 6. The molecular formula is C23H25FN2O4. The first-order valence-corrected chi connectivity index (χ1v) is 10.0. The summed E-state index contributed by atoms with van der Waals surface area (Å²) in [4.78, 5) is 37.7. The highest BCUT2D eigenvalue weighted by molar-refractivity contribution is 5.94. The zero-order valence-electron chi connectivity index (χ0n) is 16.9. The van der Waals surface area contributed by atoms with E-state index in [2.05, 4.69) is 5.32 Å². The van der Waals surface area contributed by atoms with E-state index in [0.29, 0.717) is 49.2 Å². The topological polar surface area (TPSA) is 75.7 Å². The number of carbonyl (C=O) groups is 3. The number of ether oxygens (including phenoxy) is 1. The van der Waals surface area contributed by atoms with E-state index in [0.717, 1.165) is 0 Å². The van der Waals surface area contributed by atoms with E-state index in [1.165, 1.54) is 13.0 Å². The van der Waals surface area contributed by atoms with Crippen molar-refractivity contribution in [3.05, 3.63) is 65.5 Å². The number of carbonyl (C=O) groups excluding carboxylic acids is 3. The van der Waals surface area contributed by atoms with Gasteiger partial charge in [-0.15, -0.1) is 0 Å². The zero-order chi connectivity index (χ0) is 21.5. The van der Waals surface area contributed by atoms with Crippen molar-refractivity contribution in [1.29, 1.82) is 0 Å². The highest BCUT2D eigenvalue weighted by atomic mass is 19.1. The van der Waals surface area contributed by atoms with Crippen LogP contribution in [-0.2, 0) is 16.0 Å². The number of likely N-dealkylation sites (tertiary alicyclic amines) is 1. The molecule has 158 valence electrons. The van der Waals surface area contributed by atoms with Gasteiger partial charge in [-0.05, 0) is 49.1 Å². The number of hydrogen-bond donors (Lipinski definition) is 1. The summed E-state index contributed by atoms with van der Waals surface area (Å²) in [7, 11) is 0. The Balaban J connectivity index is 1.46. The van der Waals surface area contributed by atoms with Crippen LogP contribution in [0.4, 0.5) is 4.39 Å². The lowest BCUT2D eigenvalue weighted by molar-refractivity contribution is -0.131. The molecule has 1 N–H and O–H groups in total. The fourth-order valence-corrected chi connectivity index (χ4v) is 3.52. The highest BCUT2D eigenvalue weighted by Crippen LogP contribution is 2.18. The number of nitrogens with zero attached hydrogens (tertiary/aromatic N) is 1. The molecule has 0 radical (unpaired) electrons. The Kier molecular flexibility index (Phi) is 7.17. The van der Waals surface area contributed by atoms with Gasteiger partial charge in [0.15, 0.2) is 0 Å². The largest absolute Gasteiger partial charge is 0.427 e. The van der Waals surface area contributed by atoms with Crippen LogP contribution < -0.4 is 10.1 Å². The van der Waals surface area contributed by atoms with E-state index >= 15 is 0 Å². The minimum Gasteiger partial charge on any atom is -0.427 e. The maximum absolute atomic E-state index is 13.7. The van der Waals surface area contributed by atoms with Crippen LogP contribution in [0.2, 0.25) is 0 Å². The monoisotopic (exact) mass is 412 g/mol. The van der Waals surface area contributed by atoms with Gasteiger partial charge in [0.2, 0.25) is 5.91 Å². The molecule has 2 aromatic carbocycles. The summed E-state index contributed by atoms with van der Waals surface area (Å²) in [6.45, 7) is 2.35. The summed E-state index contributed by atoms with van der Waals surface area (Å²) in [5, 5.41) is 2.98. The molecule has 1 saturated heterocycles. The zero-order valence-corrected chi connectivity index (χ0v) is 16.9. The van der Waals surface area contributed by atoms with Crippen LogP contribution >= 0.6 is 0 Å². The molecule has 0 spiro atoms. The molecule has 0 aliphatic carbocycles. The minimum absolute atomic E-state index is 0.00505. The Labute approximate surface area is 175 Å². The average Bonchev–Trinajstić information content (AvgIpc) is 2.73. The Morgan fingerprint density at radius 2 is 1.83 bits per heavy atom. The molecule has 2 aromatic rings. The summed E-state index contributed by atoms with van der Waals surface area (Å²) in [6, 6.07) is 13.0. The molecule has 3 rings (SSSR count). The summed E-state index contributed by atoms with van der Waals surface area (Å²) in [5.41, 5.74) is 0.991. The first kappa shape index (κ1) is 21.5. The van der Waals surface area contributed by atoms with E-state index in [1.54, 1.807) is 47.4 Å². The van der Waals surface area contributed by atoms with E-state index in [1.807, 2.05) is 0 Å². The lowest BCUT2D eigenvalue weighted by Gasteiger charge is -2.32. The number of aryl methyl sites for hydroxylation is 1. The van der Waals surface area contributed by atoms with Crippen LogP contribution in [0.25, 0.3) is 0 Å². The summed E-state index contributed by atoms with van der Waals surface area (Å²) in [5.74, 6) is -0.642. The first-order chi connectivity index (χ1) is 14.4. The predicted molar refractivity (Wildman–Crippen MR) is 110 cm³/mol. The molecule has 6 nitrogen and oxygen atoms in total. The van der Waals surface area contributed by atoms with Gasteiger partial charge in [0.1, 0.15) is 11.6 Å². The SMILES string of the molecule is CC(=O)Oc1cccc(C(=O)N2CCC(NC(=O)CCc3ccccc3F)CC2)c1. The fraction of sp³-hybridized carbons (Fsp3) is 0.348. The van der Waals surface area contributed by atoms with Crippen molar-refractivity contribution in [2.24, 2.45) is 0 Å². The van der Waals surface area contributed by atoms with Crippen molar-refractivity contribution in [2.45, 2.75) is 38.6 Å². The molecular weight excluding hydrogens is 387 g/mol. The molecule has 0 bridgehead atoms. The molecule has 30 heavy (non-hydrogen) atoms. The number of nitrogens with one attached hydrogen (secondary N) is 1. The van der Waals surface area contributed by atoms with Gasteiger partial charge < -0.3 is 15.0 Å². The number of piperidine rings is 1. The van der Waals surface area contributed by atoms with Crippen molar-refractivity contribution in [2.75, 3.05) is 13.1 Å². The molecule has 7 heteroatoms. The van der Waals surface area contributed by atoms with Gasteiger partial charge in [-0.2, -0.15) is 0 Å². The molecule has 0 unspecified atom stereocenters. The normalized spacial score (nSPS) is 14.3. The molecule has 1 aliphatic heterocycles. The van der Waals surface area contributed by atoms with Crippen LogP contribution in [-0.4, -0.2) is 41.8 Å². The van der Waals surface area contributed by atoms with Crippen LogP contribution in [0.3, 0.4) is 0 Å². The standard InChI is InChI=1S/C23H25FN2O4/c1-16(27)30-20-7-4-6-18(15-20)23(29)26-13-11-19(12-14-26)25-22(28)10-9-17-5-2-3-8-21(17)24/h2-8,15,19H,9-14H2,1H3,(H,25,28). The number of amides is 2. The lowest BCUT2D eigenvalue weighted by atomic mass is 10.0. The molecule has 1 fully saturated rings. The van der Waals surface area contributed by atoms with Gasteiger partial charge in [0.25, 0.3) is 5.91 Å². The van der Waals surface area contributed by atoms with Crippen molar-refractivity contribution in [3.63, 3.8) is 0 Å². The first-order valence-electron chi connectivity index (χ1n) is 10.0. The van der Waals surface area contributed by atoms with Crippen molar-refractivity contribution in [3.8, 4) is 5.75 Å². The third kappa shape index (κ3) is 5.89. The Bertz CT molecular complexity index is 923. The highest BCUT2D eigenvalue weighted by Gasteiger charge is 2.25. The second kappa shape index (κ2) is 10.0. The van der Waals surface area contributed by atoms with E-state index in [9.17, 15) is 18.8 Å². The predicted octanol–water partition coefficient (Wildman–Crippen LogP) is 3.10. The molecule has 0 saturated carbocycles.